The summed E-state index contributed by atoms with van der Waals surface area (Å²) in [5.41, 5.74) is 1.22. The molecule has 2 nitrogen and oxygen atoms in total. The van der Waals surface area contributed by atoms with Gasteiger partial charge in [-0.3, -0.25) is 4.79 Å². The quantitative estimate of drug-likeness (QED) is 0.785. The maximum absolute atomic E-state index is 12.0. The molecule has 1 aromatic rings. The van der Waals surface area contributed by atoms with Gasteiger partial charge >= 0.3 is 0 Å². The second-order valence-corrected chi connectivity index (χ2v) is 5.81. The maximum Gasteiger partial charge on any atom is 0.236 e. The van der Waals surface area contributed by atoms with Gasteiger partial charge in [0.2, 0.25) is 5.91 Å². The van der Waals surface area contributed by atoms with E-state index in [1.54, 1.807) is 11.8 Å². The molecule has 0 aliphatic carbocycles. The second-order valence-electron chi connectivity index (χ2n) is 4.38. The van der Waals surface area contributed by atoms with Crippen LogP contribution in [0.25, 0.3) is 0 Å². The van der Waals surface area contributed by atoms with Gasteiger partial charge in [-0.25, -0.2) is 0 Å². The number of benzene rings is 1. The van der Waals surface area contributed by atoms with Crippen molar-refractivity contribution in [3.63, 3.8) is 0 Å². The van der Waals surface area contributed by atoms with Crippen molar-refractivity contribution in [3.05, 3.63) is 35.9 Å². The minimum Gasteiger partial charge on any atom is -0.323 e. The number of carbonyl (C=O) groups is 1. The summed E-state index contributed by atoms with van der Waals surface area (Å²) >= 11 is 1.74. The van der Waals surface area contributed by atoms with Gasteiger partial charge in [-0.2, -0.15) is 0 Å². The van der Waals surface area contributed by atoms with Crippen LogP contribution in [0.5, 0.6) is 0 Å². The Morgan fingerprint density at radius 3 is 2.44 bits per heavy atom. The molecule has 16 heavy (non-hydrogen) atoms. The second kappa shape index (κ2) is 4.50. The van der Waals surface area contributed by atoms with Crippen LogP contribution in [0, 0.1) is 0 Å². The van der Waals surface area contributed by atoms with Crippen molar-refractivity contribution < 1.29 is 4.79 Å². The SMILES string of the molecule is CC1SC(c2ccccc2)N(C(C)C)C1=O. The van der Waals surface area contributed by atoms with Gasteiger partial charge in [-0.05, 0) is 26.3 Å². The van der Waals surface area contributed by atoms with E-state index >= 15 is 0 Å². The van der Waals surface area contributed by atoms with Crippen LogP contribution in [0.4, 0.5) is 0 Å². The Kier molecular flexibility index (Phi) is 3.24. The van der Waals surface area contributed by atoms with Crippen molar-refractivity contribution in [3.8, 4) is 0 Å². The van der Waals surface area contributed by atoms with Crippen LogP contribution in [0.3, 0.4) is 0 Å². The number of hydrogen-bond donors (Lipinski definition) is 0. The first-order valence-corrected chi connectivity index (χ1v) is 6.58. The standard InChI is InChI=1S/C13H17NOS/c1-9(2)14-12(15)10(3)16-13(14)11-7-5-4-6-8-11/h4-10,13H,1-3H3. The molecule has 2 unspecified atom stereocenters. The number of amides is 1. The molecule has 0 N–H and O–H groups in total. The molecule has 0 saturated carbocycles. The number of hydrogen-bond acceptors (Lipinski definition) is 2. The predicted octanol–water partition coefficient (Wildman–Crippen LogP) is 3.06. The van der Waals surface area contributed by atoms with Crippen LogP contribution in [-0.4, -0.2) is 22.1 Å². The first-order chi connectivity index (χ1) is 7.61. The van der Waals surface area contributed by atoms with E-state index in [0.717, 1.165) is 0 Å². The van der Waals surface area contributed by atoms with E-state index in [-0.39, 0.29) is 22.6 Å². The third-order valence-electron chi connectivity index (χ3n) is 2.83. The van der Waals surface area contributed by atoms with Crippen LogP contribution in [-0.2, 0) is 4.79 Å². The zero-order chi connectivity index (χ0) is 11.7. The summed E-state index contributed by atoms with van der Waals surface area (Å²) in [5.74, 6) is 0.258. The van der Waals surface area contributed by atoms with E-state index in [4.69, 9.17) is 0 Å². The van der Waals surface area contributed by atoms with Gasteiger partial charge in [0.1, 0.15) is 5.37 Å². The molecule has 0 radical (unpaired) electrons. The molecule has 86 valence electrons. The Labute approximate surface area is 101 Å². The van der Waals surface area contributed by atoms with Gasteiger partial charge in [0.15, 0.2) is 0 Å². The molecule has 3 heteroatoms. The lowest BCUT2D eigenvalue weighted by atomic mass is 10.2. The van der Waals surface area contributed by atoms with Gasteiger partial charge in [0, 0.05) is 6.04 Å². The maximum atomic E-state index is 12.0. The summed E-state index contributed by atoms with van der Waals surface area (Å²) in [5, 5.41) is 0.260. The van der Waals surface area contributed by atoms with Crippen LogP contribution in [0.2, 0.25) is 0 Å². The fourth-order valence-corrected chi connectivity index (χ4v) is 3.44. The lowest BCUT2D eigenvalue weighted by Crippen LogP contribution is -2.36. The van der Waals surface area contributed by atoms with Crippen LogP contribution < -0.4 is 0 Å². The zero-order valence-electron chi connectivity index (χ0n) is 9.88. The molecular weight excluding hydrogens is 218 g/mol. The Morgan fingerprint density at radius 1 is 1.25 bits per heavy atom. The molecule has 0 aromatic heterocycles. The molecule has 0 bridgehead atoms. The summed E-state index contributed by atoms with van der Waals surface area (Å²) in [4.78, 5) is 14.0. The monoisotopic (exact) mass is 235 g/mol. The van der Waals surface area contributed by atoms with E-state index in [9.17, 15) is 4.79 Å². The lowest BCUT2D eigenvalue weighted by molar-refractivity contribution is -0.131. The lowest BCUT2D eigenvalue weighted by Gasteiger charge is -2.27. The summed E-state index contributed by atoms with van der Waals surface area (Å²) in [7, 11) is 0. The highest BCUT2D eigenvalue weighted by Gasteiger charge is 2.39. The normalized spacial score (nSPS) is 25.5. The summed E-state index contributed by atoms with van der Waals surface area (Å²) in [6.07, 6.45) is 0. The fraction of sp³-hybridized carbons (Fsp3) is 0.462. The molecule has 1 amide bonds. The van der Waals surface area contributed by atoms with Crippen molar-refractivity contribution >= 4 is 17.7 Å². The zero-order valence-corrected chi connectivity index (χ0v) is 10.7. The number of rotatable bonds is 2. The third-order valence-corrected chi connectivity index (χ3v) is 4.20. The van der Waals surface area contributed by atoms with Gasteiger partial charge in [-0.1, -0.05) is 30.3 Å². The molecule has 1 fully saturated rings. The van der Waals surface area contributed by atoms with Crippen LogP contribution in [0.1, 0.15) is 31.7 Å². The van der Waals surface area contributed by atoms with E-state index in [0.29, 0.717) is 0 Å². The van der Waals surface area contributed by atoms with Crippen LogP contribution in [0.15, 0.2) is 30.3 Å². The molecule has 1 aromatic carbocycles. The van der Waals surface area contributed by atoms with Gasteiger partial charge in [0.25, 0.3) is 0 Å². The molecule has 1 aliphatic heterocycles. The molecule has 1 heterocycles. The molecule has 2 rings (SSSR count). The average molecular weight is 235 g/mol. The Morgan fingerprint density at radius 2 is 1.88 bits per heavy atom. The number of carbonyl (C=O) groups excluding carboxylic acids is 1. The molecule has 0 spiro atoms. The number of thioether (sulfide) groups is 1. The molecule has 1 aliphatic rings. The van der Waals surface area contributed by atoms with Crippen molar-refractivity contribution in [2.24, 2.45) is 0 Å². The van der Waals surface area contributed by atoms with Crippen molar-refractivity contribution in [2.75, 3.05) is 0 Å². The Hall–Kier alpha value is -0.960. The highest BCUT2D eigenvalue weighted by atomic mass is 32.2. The van der Waals surface area contributed by atoms with Crippen molar-refractivity contribution in [1.82, 2.24) is 4.90 Å². The Bertz CT molecular complexity index is 377. The largest absolute Gasteiger partial charge is 0.323 e. The van der Waals surface area contributed by atoms with Crippen LogP contribution >= 0.6 is 11.8 Å². The third kappa shape index (κ3) is 1.96. The van der Waals surface area contributed by atoms with Gasteiger partial charge in [0.05, 0.1) is 5.25 Å². The highest BCUT2D eigenvalue weighted by molar-refractivity contribution is 8.01. The minimum atomic E-state index is 0.0765. The van der Waals surface area contributed by atoms with Crippen molar-refractivity contribution in [2.45, 2.75) is 37.4 Å². The van der Waals surface area contributed by atoms with Gasteiger partial charge < -0.3 is 4.90 Å². The molecular formula is C13H17NOS. The summed E-state index contributed by atoms with van der Waals surface area (Å²) in [6.45, 7) is 6.14. The average Bonchev–Trinajstić information content (AvgIpc) is 2.57. The Balaban J connectivity index is 2.31. The minimum absolute atomic E-state index is 0.0765. The molecule has 2 atom stereocenters. The topological polar surface area (TPSA) is 20.3 Å². The van der Waals surface area contributed by atoms with Crippen molar-refractivity contribution in [1.29, 1.82) is 0 Å². The highest BCUT2D eigenvalue weighted by Crippen LogP contribution is 2.43. The summed E-state index contributed by atoms with van der Waals surface area (Å²) in [6, 6.07) is 10.5. The summed E-state index contributed by atoms with van der Waals surface area (Å²) < 4.78 is 0. The first kappa shape index (κ1) is 11.5. The van der Waals surface area contributed by atoms with E-state index < -0.39 is 0 Å². The van der Waals surface area contributed by atoms with E-state index in [1.807, 2.05) is 30.0 Å². The van der Waals surface area contributed by atoms with E-state index in [2.05, 4.69) is 26.0 Å². The smallest absolute Gasteiger partial charge is 0.236 e. The van der Waals surface area contributed by atoms with Gasteiger partial charge in [-0.15, -0.1) is 11.8 Å². The van der Waals surface area contributed by atoms with E-state index in [1.165, 1.54) is 5.56 Å². The number of nitrogens with zero attached hydrogens (tertiary/aromatic N) is 1. The fourth-order valence-electron chi connectivity index (χ4n) is 2.02. The molecule has 1 saturated heterocycles. The predicted molar refractivity (Wildman–Crippen MR) is 68.2 cm³/mol. The first-order valence-electron chi connectivity index (χ1n) is 5.64.